The molecule has 3 rings (SSSR count). The van der Waals surface area contributed by atoms with Crippen LogP contribution in [0.15, 0.2) is 12.1 Å². The molecule has 0 radical (unpaired) electrons. The van der Waals surface area contributed by atoms with Crippen molar-refractivity contribution in [1.29, 1.82) is 0 Å². The Balaban J connectivity index is 1.52. The first-order chi connectivity index (χ1) is 16.8. The molecular formula is C25H32F8O3. The molecule has 0 unspecified atom stereocenters. The van der Waals surface area contributed by atoms with E-state index in [1.165, 1.54) is 13.8 Å². The van der Waals surface area contributed by atoms with Crippen LogP contribution >= 0.6 is 0 Å². The van der Waals surface area contributed by atoms with Gasteiger partial charge in [0.15, 0.2) is 11.6 Å². The zero-order valence-corrected chi connectivity index (χ0v) is 20.3. The molecule has 0 aromatic heterocycles. The highest BCUT2D eigenvalue weighted by Crippen LogP contribution is 2.45. The van der Waals surface area contributed by atoms with Gasteiger partial charge in [-0.15, -0.1) is 0 Å². The summed E-state index contributed by atoms with van der Waals surface area (Å²) in [6.07, 6.45) is -10.3. The minimum absolute atomic E-state index is 0.0102. The second-order valence-electron chi connectivity index (χ2n) is 9.55. The van der Waals surface area contributed by atoms with E-state index >= 15 is 0 Å². The smallest absolute Gasteiger partial charge is 0.386 e. The minimum atomic E-state index is -4.18. The molecule has 0 spiro atoms. The molecule has 1 aromatic rings. The quantitative estimate of drug-likeness (QED) is 0.284. The summed E-state index contributed by atoms with van der Waals surface area (Å²) >= 11 is 0. The maximum absolute atomic E-state index is 14.8. The number of rotatable bonds is 10. The Morgan fingerprint density at radius 3 is 1.78 bits per heavy atom. The summed E-state index contributed by atoms with van der Waals surface area (Å²) in [5.74, 6) is -8.80. The van der Waals surface area contributed by atoms with E-state index in [2.05, 4.69) is 0 Å². The second-order valence-corrected chi connectivity index (χ2v) is 9.55. The maximum Gasteiger partial charge on any atom is 0.386 e. The van der Waals surface area contributed by atoms with Gasteiger partial charge in [-0.2, -0.15) is 22.0 Å². The highest BCUT2D eigenvalue weighted by atomic mass is 19.3. The van der Waals surface area contributed by atoms with Crippen LogP contribution in [0.25, 0.3) is 0 Å². The third-order valence-corrected chi connectivity index (χ3v) is 7.19. The Morgan fingerprint density at radius 2 is 1.25 bits per heavy atom. The number of alkyl halides is 6. The predicted molar refractivity (Wildman–Crippen MR) is 115 cm³/mol. The molecule has 11 heteroatoms. The Labute approximate surface area is 205 Å². The van der Waals surface area contributed by atoms with E-state index in [1.54, 1.807) is 0 Å². The molecule has 2 aliphatic rings. The fourth-order valence-electron chi connectivity index (χ4n) is 5.02. The van der Waals surface area contributed by atoms with Gasteiger partial charge >= 0.3 is 12.2 Å². The molecule has 206 valence electrons. The SMILES string of the molecule is CCOc1ccc(C(F)(F)OC2CCC(C(F)(F)OC3CCC(C(F)(F)CC)CC3)CC2)c(F)c1F. The van der Waals surface area contributed by atoms with E-state index < -0.39 is 65.1 Å². The summed E-state index contributed by atoms with van der Waals surface area (Å²) in [5, 5.41) is 0. The zero-order valence-electron chi connectivity index (χ0n) is 20.3. The molecule has 2 saturated carbocycles. The fourth-order valence-corrected chi connectivity index (χ4v) is 5.02. The van der Waals surface area contributed by atoms with Crippen molar-refractivity contribution in [1.82, 2.24) is 0 Å². The van der Waals surface area contributed by atoms with Crippen molar-refractivity contribution < 1.29 is 49.3 Å². The molecule has 2 fully saturated rings. The average Bonchev–Trinajstić information content (AvgIpc) is 2.82. The molecule has 0 aliphatic heterocycles. The van der Waals surface area contributed by atoms with Crippen LogP contribution in [0.2, 0.25) is 0 Å². The Kier molecular flexibility index (Phi) is 9.17. The lowest BCUT2D eigenvalue weighted by Crippen LogP contribution is -2.41. The van der Waals surface area contributed by atoms with Crippen molar-refractivity contribution in [3.63, 3.8) is 0 Å². The molecule has 0 amide bonds. The normalized spacial score (nSPS) is 26.2. The largest absolute Gasteiger partial charge is 0.491 e. The molecule has 0 bridgehead atoms. The monoisotopic (exact) mass is 532 g/mol. The van der Waals surface area contributed by atoms with Crippen molar-refractivity contribution in [3.05, 3.63) is 29.3 Å². The molecule has 0 N–H and O–H groups in total. The number of halogens is 8. The number of ether oxygens (including phenoxy) is 3. The fraction of sp³-hybridized carbons (Fsp3) is 0.760. The van der Waals surface area contributed by atoms with Gasteiger partial charge in [0, 0.05) is 12.3 Å². The van der Waals surface area contributed by atoms with Crippen molar-refractivity contribution in [3.8, 4) is 5.75 Å². The van der Waals surface area contributed by atoms with Crippen LogP contribution in [-0.2, 0) is 15.6 Å². The topological polar surface area (TPSA) is 27.7 Å². The number of benzene rings is 1. The Bertz CT molecular complexity index is 863. The highest BCUT2D eigenvalue weighted by molar-refractivity contribution is 5.32. The van der Waals surface area contributed by atoms with Gasteiger partial charge in [-0.1, -0.05) is 6.92 Å². The first-order valence-electron chi connectivity index (χ1n) is 12.4. The lowest BCUT2D eigenvalue weighted by atomic mass is 9.82. The van der Waals surface area contributed by atoms with Gasteiger partial charge in [0.05, 0.1) is 30.3 Å². The van der Waals surface area contributed by atoms with Crippen LogP contribution in [0.4, 0.5) is 35.1 Å². The maximum atomic E-state index is 14.8. The van der Waals surface area contributed by atoms with E-state index in [0.717, 1.165) is 6.07 Å². The third kappa shape index (κ3) is 6.62. The molecule has 0 heterocycles. The number of hydrogen-bond donors (Lipinski definition) is 0. The Morgan fingerprint density at radius 1 is 0.722 bits per heavy atom. The molecule has 3 nitrogen and oxygen atoms in total. The van der Waals surface area contributed by atoms with E-state index in [1.807, 2.05) is 0 Å². The van der Waals surface area contributed by atoms with Crippen LogP contribution in [0, 0.1) is 23.5 Å². The van der Waals surface area contributed by atoms with Crippen molar-refractivity contribution in [2.75, 3.05) is 6.61 Å². The van der Waals surface area contributed by atoms with Crippen LogP contribution in [0.3, 0.4) is 0 Å². The van der Waals surface area contributed by atoms with Crippen molar-refractivity contribution in [2.24, 2.45) is 11.8 Å². The first-order valence-corrected chi connectivity index (χ1v) is 12.4. The van der Waals surface area contributed by atoms with Gasteiger partial charge in [-0.05, 0) is 70.4 Å². The van der Waals surface area contributed by atoms with Gasteiger partial charge < -0.3 is 14.2 Å². The standard InChI is InChI=1S/C25H32F8O3/c1-3-23(28,29)15-5-9-17(10-6-15)35-24(30,31)16-7-11-18(12-8-16)36-25(32,33)19-13-14-20(34-4-2)22(27)21(19)26/h13-18H,3-12H2,1-2H3. The van der Waals surface area contributed by atoms with Crippen LogP contribution in [-0.4, -0.2) is 30.8 Å². The predicted octanol–water partition coefficient (Wildman–Crippen LogP) is 8.20. The number of hydrogen-bond acceptors (Lipinski definition) is 3. The average molecular weight is 533 g/mol. The summed E-state index contributed by atoms with van der Waals surface area (Å²) in [7, 11) is 0. The van der Waals surface area contributed by atoms with E-state index in [-0.39, 0.29) is 64.4 Å². The van der Waals surface area contributed by atoms with Crippen LogP contribution < -0.4 is 4.74 Å². The van der Waals surface area contributed by atoms with Crippen LogP contribution in [0.5, 0.6) is 5.75 Å². The van der Waals surface area contributed by atoms with Gasteiger partial charge in [-0.3, -0.25) is 0 Å². The summed E-state index contributed by atoms with van der Waals surface area (Å²) in [6.45, 7) is 2.92. The minimum Gasteiger partial charge on any atom is -0.491 e. The lowest BCUT2D eigenvalue weighted by Gasteiger charge is -2.38. The summed E-state index contributed by atoms with van der Waals surface area (Å²) in [4.78, 5) is 0. The molecule has 2 aliphatic carbocycles. The van der Waals surface area contributed by atoms with Gasteiger partial charge in [0.2, 0.25) is 5.82 Å². The van der Waals surface area contributed by atoms with E-state index in [0.29, 0.717) is 6.07 Å². The zero-order chi connectivity index (χ0) is 26.7. The summed E-state index contributed by atoms with van der Waals surface area (Å²) in [6, 6.07) is 1.54. The van der Waals surface area contributed by atoms with Crippen molar-refractivity contribution >= 4 is 0 Å². The highest BCUT2D eigenvalue weighted by Gasteiger charge is 2.48. The van der Waals surface area contributed by atoms with Gasteiger partial charge in [-0.25, -0.2) is 13.2 Å². The lowest BCUT2D eigenvalue weighted by molar-refractivity contribution is -0.312. The first kappa shape index (κ1) is 28.9. The summed E-state index contributed by atoms with van der Waals surface area (Å²) in [5.41, 5.74) is -1.30. The third-order valence-electron chi connectivity index (χ3n) is 7.19. The molecular weight excluding hydrogens is 500 g/mol. The molecule has 0 saturated heterocycles. The summed E-state index contributed by atoms with van der Waals surface area (Å²) < 4.78 is 129. The Hall–Kier alpha value is -1.62. The molecule has 1 aromatic carbocycles. The molecule has 36 heavy (non-hydrogen) atoms. The second kappa shape index (κ2) is 11.4. The van der Waals surface area contributed by atoms with E-state index in [4.69, 9.17) is 14.2 Å². The van der Waals surface area contributed by atoms with Crippen LogP contribution in [0.1, 0.15) is 77.2 Å². The van der Waals surface area contributed by atoms with E-state index in [9.17, 15) is 35.1 Å². The molecule has 0 atom stereocenters. The van der Waals surface area contributed by atoms with Crippen molar-refractivity contribution in [2.45, 2.75) is 102 Å². The van der Waals surface area contributed by atoms with Gasteiger partial charge in [0.25, 0.3) is 5.92 Å². The van der Waals surface area contributed by atoms with Gasteiger partial charge in [0.1, 0.15) is 0 Å².